The van der Waals surface area contributed by atoms with Crippen molar-refractivity contribution in [3.05, 3.63) is 35.6 Å². The first-order chi connectivity index (χ1) is 9.19. The van der Waals surface area contributed by atoms with Gasteiger partial charge in [-0.1, -0.05) is 12.1 Å². The highest BCUT2D eigenvalue weighted by Crippen LogP contribution is 2.15. The SMILES string of the molecule is CNC(=S)N(Cc1cccc(F)c1)CC1CCCO1. The van der Waals surface area contributed by atoms with Gasteiger partial charge in [-0.15, -0.1) is 0 Å². The Labute approximate surface area is 118 Å². The Morgan fingerprint density at radius 1 is 1.58 bits per heavy atom. The number of halogens is 1. The number of rotatable bonds is 4. The lowest BCUT2D eigenvalue weighted by molar-refractivity contribution is 0.0898. The Bertz CT molecular complexity index is 435. The third-order valence-corrected chi connectivity index (χ3v) is 3.67. The molecular formula is C14H19FN2OS. The molecule has 0 aromatic heterocycles. The molecule has 104 valence electrons. The topological polar surface area (TPSA) is 24.5 Å². The van der Waals surface area contributed by atoms with Crippen LogP contribution < -0.4 is 5.32 Å². The van der Waals surface area contributed by atoms with Crippen LogP contribution in [0.5, 0.6) is 0 Å². The van der Waals surface area contributed by atoms with E-state index in [4.69, 9.17) is 17.0 Å². The maximum Gasteiger partial charge on any atom is 0.169 e. The largest absolute Gasteiger partial charge is 0.376 e. The number of ether oxygens (including phenoxy) is 1. The van der Waals surface area contributed by atoms with Crippen LogP contribution in [0.2, 0.25) is 0 Å². The van der Waals surface area contributed by atoms with Gasteiger partial charge in [-0.25, -0.2) is 4.39 Å². The van der Waals surface area contributed by atoms with Gasteiger partial charge >= 0.3 is 0 Å². The molecule has 0 radical (unpaired) electrons. The van der Waals surface area contributed by atoms with E-state index in [0.717, 1.165) is 31.6 Å². The van der Waals surface area contributed by atoms with Crippen LogP contribution in [-0.2, 0) is 11.3 Å². The summed E-state index contributed by atoms with van der Waals surface area (Å²) < 4.78 is 18.9. The van der Waals surface area contributed by atoms with Gasteiger partial charge in [0.25, 0.3) is 0 Å². The standard InChI is InChI=1S/C14H19FN2OS/c1-16-14(19)17(10-13-6-3-7-18-13)9-11-4-2-5-12(15)8-11/h2,4-5,8,13H,3,6-7,9-10H2,1H3,(H,16,19). The molecule has 1 saturated heterocycles. The Balaban J connectivity index is 2.02. The normalized spacial score (nSPS) is 18.3. The van der Waals surface area contributed by atoms with Crippen LogP contribution >= 0.6 is 12.2 Å². The Morgan fingerprint density at radius 2 is 2.42 bits per heavy atom. The highest BCUT2D eigenvalue weighted by molar-refractivity contribution is 7.80. The fourth-order valence-electron chi connectivity index (χ4n) is 2.27. The first-order valence-corrected chi connectivity index (χ1v) is 6.92. The summed E-state index contributed by atoms with van der Waals surface area (Å²) >= 11 is 5.31. The second-order valence-corrected chi connectivity index (χ2v) is 5.09. The summed E-state index contributed by atoms with van der Waals surface area (Å²) in [7, 11) is 1.80. The zero-order valence-corrected chi connectivity index (χ0v) is 11.9. The average molecular weight is 282 g/mol. The molecule has 1 atom stereocenters. The van der Waals surface area contributed by atoms with Crippen molar-refractivity contribution < 1.29 is 9.13 Å². The molecule has 0 saturated carbocycles. The van der Waals surface area contributed by atoms with Gasteiger partial charge in [0.15, 0.2) is 5.11 Å². The van der Waals surface area contributed by atoms with Crippen molar-refractivity contribution in [3.63, 3.8) is 0 Å². The second-order valence-electron chi connectivity index (χ2n) is 4.70. The van der Waals surface area contributed by atoms with E-state index in [0.29, 0.717) is 11.7 Å². The van der Waals surface area contributed by atoms with Crippen molar-refractivity contribution in [2.75, 3.05) is 20.2 Å². The molecule has 1 aromatic rings. The maximum absolute atomic E-state index is 13.2. The molecule has 1 unspecified atom stereocenters. The van der Waals surface area contributed by atoms with E-state index in [9.17, 15) is 4.39 Å². The molecule has 19 heavy (non-hydrogen) atoms. The number of benzene rings is 1. The van der Waals surface area contributed by atoms with Crippen molar-refractivity contribution >= 4 is 17.3 Å². The molecule has 1 aliphatic heterocycles. The fraction of sp³-hybridized carbons (Fsp3) is 0.500. The van der Waals surface area contributed by atoms with Gasteiger partial charge in [-0.2, -0.15) is 0 Å². The zero-order chi connectivity index (χ0) is 13.7. The molecule has 1 aromatic carbocycles. The number of hydrogen-bond acceptors (Lipinski definition) is 2. The first kappa shape index (κ1) is 14.2. The lowest BCUT2D eigenvalue weighted by Gasteiger charge is -2.27. The van der Waals surface area contributed by atoms with Crippen LogP contribution in [0.1, 0.15) is 18.4 Å². The molecular weight excluding hydrogens is 263 g/mol. The minimum absolute atomic E-state index is 0.218. The van der Waals surface area contributed by atoms with E-state index >= 15 is 0 Å². The van der Waals surface area contributed by atoms with E-state index in [1.54, 1.807) is 19.2 Å². The van der Waals surface area contributed by atoms with Gasteiger partial charge in [0, 0.05) is 26.7 Å². The van der Waals surface area contributed by atoms with Crippen molar-refractivity contribution in [3.8, 4) is 0 Å². The summed E-state index contributed by atoms with van der Waals surface area (Å²) in [5.74, 6) is -0.218. The van der Waals surface area contributed by atoms with Gasteiger partial charge in [0.05, 0.1) is 6.10 Å². The second kappa shape index (κ2) is 6.82. The number of thiocarbonyl (C=S) groups is 1. The molecule has 2 rings (SSSR count). The number of hydrogen-bond donors (Lipinski definition) is 1. The van der Waals surface area contributed by atoms with E-state index in [1.807, 2.05) is 11.0 Å². The molecule has 1 heterocycles. The predicted molar refractivity (Wildman–Crippen MR) is 77.4 cm³/mol. The molecule has 5 heteroatoms. The monoisotopic (exact) mass is 282 g/mol. The summed E-state index contributed by atoms with van der Waals surface area (Å²) in [5, 5.41) is 3.65. The lowest BCUT2D eigenvalue weighted by atomic mass is 10.2. The van der Waals surface area contributed by atoms with Crippen LogP contribution in [-0.4, -0.2) is 36.3 Å². The summed E-state index contributed by atoms with van der Waals surface area (Å²) in [6.07, 6.45) is 2.39. The van der Waals surface area contributed by atoms with Gasteiger partial charge in [0.1, 0.15) is 5.82 Å². The fourth-order valence-corrected chi connectivity index (χ4v) is 2.41. The zero-order valence-electron chi connectivity index (χ0n) is 11.1. The summed E-state index contributed by atoms with van der Waals surface area (Å²) in [6.45, 7) is 2.16. The molecule has 3 nitrogen and oxygen atoms in total. The molecule has 0 amide bonds. The van der Waals surface area contributed by atoms with Gasteiger partial charge in [-0.05, 0) is 42.8 Å². The average Bonchev–Trinajstić information content (AvgIpc) is 2.90. The highest BCUT2D eigenvalue weighted by atomic mass is 32.1. The summed E-state index contributed by atoms with van der Waals surface area (Å²) in [4.78, 5) is 2.03. The maximum atomic E-state index is 13.2. The van der Waals surface area contributed by atoms with Crippen LogP contribution in [0.15, 0.2) is 24.3 Å². The summed E-state index contributed by atoms with van der Waals surface area (Å²) in [5.41, 5.74) is 0.913. The van der Waals surface area contributed by atoms with E-state index in [1.165, 1.54) is 6.07 Å². The van der Waals surface area contributed by atoms with E-state index in [2.05, 4.69) is 5.32 Å². The smallest absolute Gasteiger partial charge is 0.169 e. The number of nitrogens with one attached hydrogen (secondary N) is 1. The molecule has 1 N–H and O–H groups in total. The van der Waals surface area contributed by atoms with Crippen LogP contribution in [0.3, 0.4) is 0 Å². The molecule has 0 spiro atoms. The van der Waals surface area contributed by atoms with Gasteiger partial charge < -0.3 is 15.0 Å². The summed E-state index contributed by atoms with van der Waals surface area (Å²) in [6, 6.07) is 6.62. The van der Waals surface area contributed by atoms with E-state index < -0.39 is 0 Å². The third kappa shape index (κ3) is 4.14. The molecule has 1 aliphatic rings. The third-order valence-electron chi connectivity index (χ3n) is 3.21. The Kier molecular flexibility index (Phi) is 5.10. The van der Waals surface area contributed by atoms with Gasteiger partial charge in [0.2, 0.25) is 0 Å². The minimum atomic E-state index is -0.218. The molecule has 0 bridgehead atoms. The molecule has 1 fully saturated rings. The van der Waals surface area contributed by atoms with Crippen molar-refractivity contribution in [1.29, 1.82) is 0 Å². The van der Waals surface area contributed by atoms with Crippen molar-refractivity contribution in [2.45, 2.75) is 25.5 Å². The van der Waals surface area contributed by atoms with Crippen LogP contribution in [0.4, 0.5) is 4.39 Å². The molecule has 0 aliphatic carbocycles. The Morgan fingerprint density at radius 3 is 3.05 bits per heavy atom. The number of nitrogens with zero attached hydrogens (tertiary/aromatic N) is 1. The highest BCUT2D eigenvalue weighted by Gasteiger charge is 2.20. The Hall–Kier alpha value is -1.20. The van der Waals surface area contributed by atoms with E-state index in [-0.39, 0.29) is 11.9 Å². The van der Waals surface area contributed by atoms with Crippen molar-refractivity contribution in [1.82, 2.24) is 10.2 Å². The quantitative estimate of drug-likeness (QED) is 0.857. The first-order valence-electron chi connectivity index (χ1n) is 6.51. The van der Waals surface area contributed by atoms with Gasteiger partial charge in [-0.3, -0.25) is 0 Å². The lowest BCUT2D eigenvalue weighted by Crippen LogP contribution is -2.41. The van der Waals surface area contributed by atoms with Crippen LogP contribution in [0, 0.1) is 5.82 Å². The predicted octanol–water partition coefficient (Wildman–Crippen LogP) is 2.31. The van der Waals surface area contributed by atoms with Crippen molar-refractivity contribution in [2.24, 2.45) is 0 Å². The minimum Gasteiger partial charge on any atom is -0.376 e. The van der Waals surface area contributed by atoms with Crippen LogP contribution in [0.25, 0.3) is 0 Å².